The molecule has 2 N–H and O–H groups in total. The van der Waals surface area contributed by atoms with Crippen molar-refractivity contribution in [2.75, 3.05) is 12.4 Å². The Morgan fingerprint density at radius 3 is 2.54 bits per heavy atom. The number of aliphatic hydroxyl groups is 1. The molecule has 0 aliphatic heterocycles. The molecule has 0 aromatic rings. The normalized spacial score (nSPS) is 28.5. The standard InChI is InChI=1S/C9H16ClNO2/c10-5-9(13)11-6-7-1-3-8(12)4-2-7/h7-8,12H,1-6H2,(H,11,13). The Morgan fingerprint density at radius 1 is 1.38 bits per heavy atom. The summed E-state index contributed by atoms with van der Waals surface area (Å²) in [6.45, 7) is 0.707. The molecule has 1 aliphatic rings. The molecule has 4 heteroatoms. The second-order valence-corrected chi connectivity index (χ2v) is 3.88. The van der Waals surface area contributed by atoms with Crippen LogP contribution in [0.3, 0.4) is 0 Å². The minimum Gasteiger partial charge on any atom is -0.393 e. The zero-order valence-corrected chi connectivity index (χ0v) is 8.39. The number of rotatable bonds is 3. The van der Waals surface area contributed by atoms with Gasteiger partial charge in [-0.1, -0.05) is 0 Å². The molecule has 13 heavy (non-hydrogen) atoms. The summed E-state index contributed by atoms with van der Waals surface area (Å²) < 4.78 is 0. The number of carbonyl (C=O) groups is 1. The van der Waals surface area contributed by atoms with Crippen molar-refractivity contribution in [1.29, 1.82) is 0 Å². The predicted molar refractivity (Wildman–Crippen MR) is 51.7 cm³/mol. The molecule has 0 spiro atoms. The SMILES string of the molecule is O=C(CCl)NCC1CCC(O)CC1. The van der Waals surface area contributed by atoms with Gasteiger partial charge in [0.15, 0.2) is 0 Å². The molecule has 1 aliphatic carbocycles. The zero-order valence-electron chi connectivity index (χ0n) is 7.63. The van der Waals surface area contributed by atoms with Crippen molar-refractivity contribution in [2.24, 2.45) is 5.92 Å². The fourth-order valence-corrected chi connectivity index (χ4v) is 1.75. The van der Waals surface area contributed by atoms with E-state index in [2.05, 4.69) is 5.32 Å². The van der Waals surface area contributed by atoms with Gasteiger partial charge in [-0.15, -0.1) is 11.6 Å². The number of hydrogen-bond acceptors (Lipinski definition) is 2. The van der Waals surface area contributed by atoms with Crippen LogP contribution in [0.1, 0.15) is 25.7 Å². The van der Waals surface area contributed by atoms with Crippen LogP contribution >= 0.6 is 11.6 Å². The molecule has 0 radical (unpaired) electrons. The van der Waals surface area contributed by atoms with E-state index >= 15 is 0 Å². The van der Waals surface area contributed by atoms with Crippen LogP contribution in [0.15, 0.2) is 0 Å². The first-order valence-corrected chi connectivity index (χ1v) is 5.26. The van der Waals surface area contributed by atoms with Gasteiger partial charge in [-0.05, 0) is 31.6 Å². The van der Waals surface area contributed by atoms with Gasteiger partial charge in [0.1, 0.15) is 5.88 Å². The minimum absolute atomic E-state index is 0.0370. The van der Waals surface area contributed by atoms with Gasteiger partial charge in [0, 0.05) is 6.54 Å². The Bertz CT molecular complexity index is 167. The van der Waals surface area contributed by atoms with Crippen LogP contribution in [0.4, 0.5) is 0 Å². The number of carbonyl (C=O) groups excluding carboxylic acids is 1. The quantitative estimate of drug-likeness (QED) is 0.673. The molecule has 3 nitrogen and oxygen atoms in total. The highest BCUT2D eigenvalue weighted by molar-refractivity contribution is 6.27. The van der Waals surface area contributed by atoms with Crippen molar-refractivity contribution in [2.45, 2.75) is 31.8 Å². The summed E-state index contributed by atoms with van der Waals surface area (Å²) >= 11 is 5.34. The number of nitrogens with one attached hydrogen (secondary N) is 1. The second kappa shape index (κ2) is 5.45. The molecule has 0 bridgehead atoms. The maximum atomic E-state index is 10.8. The summed E-state index contributed by atoms with van der Waals surface area (Å²) in [4.78, 5) is 10.8. The number of alkyl halides is 1. The third kappa shape index (κ3) is 3.96. The molecule has 1 saturated carbocycles. The molecule has 76 valence electrons. The average molecular weight is 206 g/mol. The molecular weight excluding hydrogens is 190 g/mol. The number of amides is 1. The lowest BCUT2D eigenvalue weighted by Crippen LogP contribution is -2.32. The lowest BCUT2D eigenvalue weighted by atomic mass is 9.87. The van der Waals surface area contributed by atoms with Gasteiger partial charge in [-0.2, -0.15) is 0 Å². The monoisotopic (exact) mass is 205 g/mol. The first-order chi connectivity index (χ1) is 6.22. The molecule has 0 saturated heterocycles. The lowest BCUT2D eigenvalue weighted by Gasteiger charge is -2.25. The van der Waals surface area contributed by atoms with Crippen LogP contribution in [0.5, 0.6) is 0 Å². The van der Waals surface area contributed by atoms with E-state index in [-0.39, 0.29) is 17.9 Å². The van der Waals surface area contributed by atoms with E-state index in [0.29, 0.717) is 12.5 Å². The van der Waals surface area contributed by atoms with Crippen LogP contribution in [-0.2, 0) is 4.79 Å². The molecule has 1 fully saturated rings. The molecular formula is C9H16ClNO2. The van der Waals surface area contributed by atoms with Crippen LogP contribution in [-0.4, -0.2) is 29.5 Å². The van der Waals surface area contributed by atoms with E-state index in [1.165, 1.54) is 0 Å². The van der Waals surface area contributed by atoms with Crippen LogP contribution in [0, 0.1) is 5.92 Å². The molecule has 0 atom stereocenters. The average Bonchev–Trinajstić information content (AvgIpc) is 2.16. The first-order valence-electron chi connectivity index (χ1n) is 4.73. The second-order valence-electron chi connectivity index (χ2n) is 3.61. The largest absolute Gasteiger partial charge is 0.393 e. The molecule has 0 heterocycles. The third-order valence-electron chi connectivity index (χ3n) is 2.53. The summed E-state index contributed by atoms with van der Waals surface area (Å²) in [7, 11) is 0. The first kappa shape index (κ1) is 10.8. The van der Waals surface area contributed by atoms with E-state index in [1.54, 1.807) is 0 Å². The van der Waals surface area contributed by atoms with E-state index in [0.717, 1.165) is 25.7 Å². The molecule has 1 rings (SSSR count). The van der Waals surface area contributed by atoms with E-state index in [1.807, 2.05) is 0 Å². The summed E-state index contributed by atoms with van der Waals surface area (Å²) in [5.74, 6) is 0.457. The smallest absolute Gasteiger partial charge is 0.234 e. The van der Waals surface area contributed by atoms with Gasteiger partial charge in [0.05, 0.1) is 6.10 Å². The summed E-state index contributed by atoms with van der Waals surface area (Å²) in [6.07, 6.45) is 3.61. The highest BCUT2D eigenvalue weighted by Gasteiger charge is 2.19. The summed E-state index contributed by atoms with van der Waals surface area (Å²) in [5, 5.41) is 12.0. The van der Waals surface area contributed by atoms with Gasteiger partial charge in [0.25, 0.3) is 0 Å². The van der Waals surface area contributed by atoms with Crippen LogP contribution in [0.2, 0.25) is 0 Å². The van der Waals surface area contributed by atoms with Crippen LogP contribution < -0.4 is 5.32 Å². The van der Waals surface area contributed by atoms with Crippen molar-refractivity contribution in [1.82, 2.24) is 5.32 Å². The van der Waals surface area contributed by atoms with Crippen molar-refractivity contribution in [3.8, 4) is 0 Å². The van der Waals surface area contributed by atoms with E-state index in [9.17, 15) is 9.90 Å². The summed E-state index contributed by atoms with van der Waals surface area (Å²) in [5.41, 5.74) is 0. The van der Waals surface area contributed by atoms with Gasteiger partial charge >= 0.3 is 0 Å². The highest BCUT2D eigenvalue weighted by atomic mass is 35.5. The summed E-state index contributed by atoms with van der Waals surface area (Å²) in [6, 6.07) is 0. The third-order valence-corrected chi connectivity index (χ3v) is 2.77. The van der Waals surface area contributed by atoms with Crippen LogP contribution in [0.25, 0.3) is 0 Å². The molecule has 0 unspecified atom stereocenters. The Balaban J connectivity index is 2.12. The number of halogens is 1. The molecule has 1 amide bonds. The Morgan fingerprint density at radius 2 is 2.00 bits per heavy atom. The highest BCUT2D eigenvalue weighted by Crippen LogP contribution is 2.23. The maximum absolute atomic E-state index is 10.8. The van der Waals surface area contributed by atoms with Gasteiger partial charge < -0.3 is 10.4 Å². The Hall–Kier alpha value is -0.280. The Labute approximate surface area is 83.5 Å². The zero-order chi connectivity index (χ0) is 9.68. The number of aliphatic hydroxyl groups excluding tert-OH is 1. The predicted octanol–water partition coefficient (Wildman–Crippen LogP) is 0.892. The fraction of sp³-hybridized carbons (Fsp3) is 0.889. The van der Waals surface area contributed by atoms with Gasteiger partial charge in [-0.25, -0.2) is 0 Å². The molecule has 0 aromatic carbocycles. The van der Waals surface area contributed by atoms with Crippen molar-refractivity contribution < 1.29 is 9.90 Å². The topological polar surface area (TPSA) is 49.3 Å². The van der Waals surface area contributed by atoms with E-state index < -0.39 is 0 Å². The fourth-order valence-electron chi connectivity index (χ4n) is 1.65. The van der Waals surface area contributed by atoms with Crippen molar-refractivity contribution in [3.63, 3.8) is 0 Å². The minimum atomic E-state index is -0.125. The number of hydrogen-bond donors (Lipinski definition) is 2. The van der Waals surface area contributed by atoms with Gasteiger partial charge in [0.2, 0.25) is 5.91 Å². The van der Waals surface area contributed by atoms with Crippen molar-refractivity contribution >= 4 is 17.5 Å². The maximum Gasteiger partial charge on any atom is 0.234 e. The van der Waals surface area contributed by atoms with Gasteiger partial charge in [-0.3, -0.25) is 4.79 Å². The van der Waals surface area contributed by atoms with Crippen molar-refractivity contribution in [3.05, 3.63) is 0 Å². The Kier molecular flexibility index (Phi) is 4.53. The molecule has 0 aromatic heterocycles. The van der Waals surface area contributed by atoms with E-state index in [4.69, 9.17) is 11.6 Å². The lowest BCUT2D eigenvalue weighted by molar-refractivity contribution is -0.118.